The van der Waals surface area contributed by atoms with Gasteiger partial charge < -0.3 is 16.2 Å². The highest BCUT2D eigenvalue weighted by Crippen LogP contribution is 2.34. The van der Waals surface area contributed by atoms with Crippen LogP contribution in [0.15, 0.2) is 59.7 Å². The smallest absolute Gasteiger partial charge is 0.411 e. The first-order valence-electron chi connectivity index (χ1n) is 9.87. The third kappa shape index (κ3) is 4.29. The Balaban J connectivity index is 1.68. The van der Waals surface area contributed by atoms with E-state index in [0.717, 1.165) is 5.56 Å². The van der Waals surface area contributed by atoms with Crippen LogP contribution in [0.4, 0.5) is 26.5 Å². The van der Waals surface area contributed by atoms with Gasteiger partial charge in [-0.25, -0.2) is 19.2 Å². The van der Waals surface area contributed by atoms with Crippen LogP contribution < -0.4 is 16.8 Å². The van der Waals surface area contributed by atoms with Gasteiger partial charge in [-0.15, -0.1) is 0 Å². The van der Waals surface area contributed by atoms with Crippen molar-refractivity contribution in [1.29, 1.82) is 0 Å². The lowest BCUT2D eigenvalue weighted by atomic mass is 10.0. The molecule has 4 rings (SSSR count). The van der Waals surface area contributed by atoms with Crippen molar-refractivity contribution in [2.24, 2.45) is 5.10 Å². The summed E-state index contributed by atoms with van der Waals surface area (Å²) in [5.41, 5.74) is 14.2. The van der Waals surface area contributed by atoms with Crippen molar-refractivity contribution in [2.45, 2.75) is 19.0 Å². The SMILES string of the molecule is COC(=O)Nc1c(N)nc(C2=NN(Cc3ccccc3F)C(c3ccccc3)C2)nc1N. The molecule has 1 aliphatic heterocycles. The molecule has 164 valence electrons. The Labute approximate surface area is 183 Å². The molecule has 0 saturated heterocycles. The van der Waals surface area contributed by atoms with Crippen molar-refractivity contribution in [2.75, 3.05) is 23.9 Å². The molecule has 1 atom stereocenters. The standard InChI is InChI=1S/C22H22FN7O2/c1-32-22(31)26-18-19(24)27-21(28-20(18)25)16-11-17(13-7-3-2-4-8-13)30(29-16)12-14-9-5-6-10-15(14)23/h2-10,17H,11-12H2,1H3,(H,26,31)(H4,24,25,27,28). The van der Waals surface area contributed by atoms with Gasteiger partial charge in [0.15, 0.2) is 17.5 Å². The van der Waals surface area contributed by atoms with Crippen LogP contribution in [-0.2, 0) is 11.3 Å². The number of ether oxygens (including phenoxy) is 1. The molecule has 0 spiro atoms. The molecule has 3 aromatic rings. The Bertz CT molecular complexity index is 1150. The zero-order valence-electron chi connectivity index (χ0n) is 17.3. The molecule has 32 heavy (non-hydrogen) atoms. The number of aromatic nitrogens is 2. The average Bonchev–Trinajstić information content (AvgIpc) is 3.22. The minimum Gasteiger partial charge on any atom is -0.453 e. The van der Waals surface area contributed by atoms with Gasteiger partial charge in [0.2, 0.25) is 0 Å². The molecule has 10 heteroatoms. The number of amides is 1. The lowest BCUT2D eigenvalue weighted by Crippen LogP contribution is -2.19. The molecule has 0 fully saturated rings. The molecule has 0 aliphatic carbocycles. The first-order valence-corrected chi connectivity index (χ1v) is 9.87. The van der Waals surface area contributed by atoms with Crippen LogP contribution in [0, 0.1) is 5.82 Å². The van der Waals surface area contributed by atoms with Crippen molar-refractivity contribution in [3.8, 4) is 0 Å². The lowest BCUT2D eigenvalue weighted by Gasteiger charge is -2.24. The topological polar surface area (TPSA) is 132 Å². The van der Waals surface area contributed by atoms with E-state index in [1.807, 2.05) is 30.3 Å². The number of carbonyl (C=O) groups is 1. The van der Waals surface area contributed by atoms with Crippen molar-refractivity contribution in [1.82, 2.24) is 15.0 Å². The summed E-state index contributed by atoms with van der Waals surface area (Å²) in [6.45, 7) is 0.267. The van der Waals surface area contributed by atoms with E-state index in [0.29, 0.717) is 17.7 Å². The number of hydrazone groups is 1. The number of carbonyl (C=O) groups excluding carboxylic acids is 1. The summed E-state index contributed by atoms with van der Waals surface area (Å²) in [5.74, 6) is -0.0767. The van der Waals surface area contributed by atoms with Crippen molar-refractivity contribution >= 4 is 29.1 Å². The normalized spacial score (nSPS) is 15.4. The van der Waals surface area contributed by atoms with Crippen molar-refractivity contribution in [3.63, 3.8) is 0 Å². The maximum atomic E-state index is 14.3. The molecule has 1 aliphatic rings. The monoisotopic (exact) mass is 435 g/mol. The van der Waals surface area contributed by atoms with Gasteiger partial charge in [0, 0.05) is 12.0 Å². The summed E-state index contributed by atoms with van der Waals surface area (Å²) < 4.78 is 18.9. The fraction of sp³-hybridized carbons (Fsp3) is 0.182. The first-order chi connectivity index (χ1) is 15.5. The Morgan fingerprint density at radius 3 is 2.44 bits per heavy atom. The first kappa shape index (κ1) is 21.0. The third-order valence-corrected chi connectivity index (χ3v) is 5.11. The maximum Gasteiger partial charge on any atom is 0.411 e. The van der Waals surface area contributed by atoms with Gasteiger partial charge in [0.05, 0.1) is 19.7 Å². The van der Waals surface area contributed by atoms with Gasteiger partial charge in [0.25, 0.3) is 0 Å². The largest absolute Gasteiger partial charge is 0.453 e. The van der Waals surface area contributed by atoms with Crippen LogP contribution in [0.3, 0.4) is 0 Å². The van der Waals surface area contributed by atoms with E-state index in [2.05, 4.69) is 25.1 Å². The minimum atomic E-state index is -0.738. The summed E-state index contributed by atoms with van der Waals surface area (Å²) in [6, 6.07) is 16.2. The predicted octanol–water partition coefficient (Wildman–Crippen LogP) is 3.31. The number of nitrogens with one attached hydrogen (secondary N) is 1. The fourth-order valence-electron chi connectivity index (χ4n) is 3.51. The number of nitrogens with zero attached hydrogens (tertiary/aromatic N) is 4. The van der Waals surface area contributed by atoms with Gasteiger partial charge in [-0.3, -0.25) is 10.3 Å². The second-order valence-corrected chi connectivity index (χ2v) is 7.18. The van der Waals surface area contributed by atoms with Crippen LogP contribution in [-0.4, -0.2) is 33.9 Å². The van der Waals surface area contributed by atoms with Gasteiger partial charge in [-0.2, -0.15) is 5.10 Å². The van der Waals surface area contributed by atoms with Crippen LogP contribution >= 0.6 is 0 Å². The van der Waals surface area contributed by atoms with Gasteiger partial charge >= 0.3 is 6.09 Å². The number of nitrogens with two attached hydrogens (primary N) is 2. The predicted molar refractivity (Wildman–Crippen MR) is 119 cm³/mol. The van der Waals surface area contributed by atoms with Crippen molar-refractivity contribution < 1.29 is 13.9 Å². The van der Waals surface area contributed by atoms with E-state index in [1.54, 1.807) is 23.2 Å². The number of nitrogen functional groups attached to an aromatic ring is 2. The molecule has 2 heterocycles. The molecule has 0 saturated carbocycles. The molecule has 1 unspecified atom stereocenters. The number of hydrogen-bond donors (Lipinski definition) is 3. The Kier molecular flexibility index (Phi) is 5.84. The van der Waals surface area contributed by atoms with Crippen molar-refractivity contribution in [3.05, 3.63) is 77.4 Å². The quantitative estimate of drug-likeness (QED) is 0.560. The number of benzene rings is 2. The highest BCUT2D eigenvalue weighted by atomic mass is 19.1. The van der Waals surface area contributed by atoms with Crippen LogP contribution in [0.5, 0.6) is 0 Å². The Hall–Kier alpha value is -4.21. The van der Waals surface area contributed by atoms with E-state index in [9.17, 15) is 9.18 Å². The second kappa shape index (κ2) is 8.88. The molecule has 1 aromatic heterocycles. The summed E-state index contributed by atoms with van der Waals surface area (Å²) in [6.07, 6.45) is -0.264. The fourth-order valence-corrected chi connectivity index (χ4v) is 3.51. The zero-order valence-corrected chi connectivity index (χ0v) is 17.3. The number of hydrogen-bond acceptors (Lipinski definition) is 8. The lowest BCUT2D eigenvalue weighted by molar-refractivity contribution is 0.187. The number of rotatable bonds is 5. The zero-order chi connectivity index (χ0) is 22.7. The third-order valence-electron chi connectivity index (χ3n) is 5.11. The minimum absolute atomic E-state index is 0.00980. The van der Waals surface area contributed by atoms with E-state index in [1.165, 1.54) is 13.2 Å². The van der Waals surface area contributed by atoms with Crippen LogP contribution in [0.25, 0.3) is 0 Å². The van der Waals surface area contributed by atoms with Gasteiger partial charge in [0.1, 0.15) is 17.2 Å². The highest BCUT2D eigenvalue weighted by Gasteiger charge is 2.31. The molecule has 1 amide bonds. The average molecular weight is 435 g/mol. The van der Waals surface area contributed by atoms with Crippen LogP contribution in [0.1, 0.15) is 29.4 Å². The molecule has 0 bridgehead atoms. The molecular formula is C22H22FN7O2. The summed E-state index contributed by atoms with van der Waals surface area (Å²) in [4.78, 5) is 20.1. The summed E-state index contributed by atoms with van der Waals surface area (Å²) in [5, 5.41) is 8.88. The van der Waals surface area contributed by atoms with Crippen LogP contribution in [0.2, 0.25) is 0 Å². The number of anilines is 3. The van der Waals surface area contributed by atoms with E-state index < -0.39 is 6.09 Å². The molecule has 5 N–H and O–H groups in total. The Morgan fingerprint density at radius 1 is 1.12 bits per heavy atom. The highest BCUT2D eigenvalue weighted by molar-refractivity contribution is 6.01. The van der Waals surface area contributed by atoms with E-state index in [4.69, 9.17) is 11.5 Å². The molecule has 9 nitrogen and oxygen atoms in total. The Morgan fingerprint density at radius 2 is 1.78 bits per heavy atom. The van der Waals surface area contributed by atoms with Gasteiger partial charge in [-0.05, 0) is 11.6 Å². The molecule has 2 aromatic carbocycles. The summed E-state index contributed by atoms with van der Waals surface area (Å²) >= 11 is 0. The van der Waals surface area contributed by atoms with Gasteiger partial charge in [-0.1, -0.05) is 48.5 Å². The summed E-state index contributed by atoms with van der Waals surface area (Å²) in [7, 11) is 1.22. The number of methoxy groups -OCH3 is 1. The van der Waals surface area contributed by atoms with E-state index in [-0.39, 0.29) is 41.6 Å². The second-order valence-electron chi connectivity index (χ2n) is 7.18. The molecule has 0 radical (unpaired) electrons. The number of halogens is 1. The maximum absolute atomic E-state index is 14.3. The van der Waals surface area contributed by atoms with E-state index >= 15 is 0 Å². The molecular weight excluding hydrogens is 413 g/mol.